The Hall–Kier alpha value is -3.32. The Bertz CT molecular complexity index is 1020. The van der Waals surface area contributed by atoms with Gasteiger partial charge in [0.1, 0.15) is 5.01 Å². The fourth-order valence-electron chi connectivity index (χ4n) is 2.57. The summed E-state index contributed by atoms with van der Waals surface area (Å²) in [5.41, 5.74) is 3.40. The number of carbonyl (C=O) groups is 3. The van der Waals surface area contributed by atoms with E-state index in [-0.39, 0.29) is 11.5 Å². The SMILES string of the molecule is CCc1ccc(-c2nc(C(=O)OCC(=O)Nc3ccc(C(C)=O)cc3)cs2)cc1. The van der Waals surface area contributed by atoms with Gasteiger partial charge in [-0.2, -0.15) is 0 Å². The van der Waals surface area contributed by atoms with Gasteiger partial charge < -0.3 is 10.1 Å². The number of amides is 1. The number of esters is 1. The fraction of sp³-hybridized carbons (Fsp3) is 0.182. The van der Waals surface area contributed by atoms with Crippen molar-refractivity contribution in [3.05, 3.63) is 70.7 Å². The van der Waals surface area contributed by atoms with E-state index in [0.717, 1.165) is 17.0 Å². The van der Waals surface area contributed by atoms with Crippen molar-refractivity contribution < 1.29 is 19.1 Å². The first kappa shape index (κ1) is 20.4. The Morgan fingerprint density at radius 3 is 2.34 bits per heavy atom. The standard InChI is InChI=1S/C22H20N2O4S/c1-3-15-4-6-17(7-5-15)21-24-19(13-29-21)22(27)28-12-20(26)23-18-10-8-16(9-11-18)14(2)25/h4-11,13H,3,12H2,1-2H3,(H,23,26). The molecule has 0 saturated carbocycles. The number of benzene rings is 2. The van der Waals surface area contributed by atoms with Gasteiger partial charge in [-0.1, -0.05) is 31.2 Å². The predicted octanol–water partition coefficient (Wildman–Crippen LogP) is 4.37. The highest BCUT2D eigenvalue weighted by Gasteiger charge is 2.15. The lowest BCUT2D eigenvalue weighted by molar-refractivity contribution is -0.119. The van der Waals surface area contributed by atoms with E-state index in [4.69, 9.17) is 4.74 Å². The third-order valence-electron chi connectivity index (χ3n) is 4.23. The average Bonchev–Trinajstić information content (AvgIpc) is 3.23. The van der Waals surface area contributed by atoms with Gasteiger partial charge in [-0.3, -0.25) is 9.59 Å². The Balaban J connectivity index is 1.54. The Labute approximate surface area is 172 Å². The third-order valence-corrected chi connectivity index (χ3v) is 5.12. The van der Waals surface area contributed by atoms with Crippen LogP contribution in [0.25, 0.3) is 10.6 Å². The first-order valence-electron chi connectivity index (χ1n) is 9.09. The van der Waals surface area contributed by atoms with Crippen molar-refractivity contribution in [2.24, 2.45) is 0 Å². The number of aryl methyl sites for hydroxylation is 1. The summed E-state index contributed by atoms with van der Waals surface area (Å²) in [7, 11) is 0. The molecule has 1 heterocycles. The zero-order chi connectivity index (χ0) is 20.8. The number of nitrogens with zero attached hydrogens (tertiary/aromatic N) is 1. The number of carbonyl (C=O) groups excluding carboxylic acids is 3. The van der Waals surface area contributed by atoms with Gasteiger partial charge in [0.15, 0.2) is 18.1 Å². The van der Waals surface area contributed by atoms with Gasteiger partial charge in [0.05, 0.1) is 0 Å². The molecule has 29 heavy (non-hydrogen) atoms. The molecule has 0 aliphatic heterocycles. The van der Waals surface area contributed by atoms with Crippen LogP contribution in [0, 0.1) is 0 Å². The van der Waals surface area contributed by atoms with E-state index in [1.807, 2.05) is 24.3 Å². The molecule has 3 aromatic rings. The minimum absolute atomic E-state index is 0.0549. The predicted molar refractivity (Wildman–Crippen MR) is 112 cm³/mol. The molecule has 0 unspecified atom stereocenters. The summed E-state index contributed by atoms with van der Waals surface area (Å²) in [5, 5.41) is 4.94. The highest BCUT2D eigenvalue weighted by Crippen LogP contribution is 2.24. The number of ether oxygens (including phenoxy) is 1. The van der Waals surface area contributed by atoms with E-state index in [2.05, 4.69) is 17.2 Å². The molecule has 3 rings (SSSR count). The molecular formula is C22H20N2O4S. The second kappa shape index (κ2) is 9.25. The maximum Gasteiger partial charge on any atom is 0.358 e. The molecule has 6 nitrogen and oxygen atoms in total. The van der Waals surface area contributed by atoms with Crippen LogP contribution >= 0.6 is 11.3 Å². The summed E-state index contributed by atoms with van der Waals surface area (Å²) < 4.78 is 5.05. The summed E-state index contributed by atoms with van der Waals surface area (Å²) >= 11 is 1.34. The number of Topliss-reactive ketones (excluding diaryl/α,β-unsaturated/α-hetero) is 1. The smallest absolute Gasteiger partial charge is 0.358 e. The van der Waals surface area contributed by atoms with Crippen molar-refractivity contribution in [1.82, 2.24) is 4.98 Å². The maximum atomic E-state index is 12.2. The van der Waals surface area contributed by atoms with Crippen LogP contribution < -0.4 is 5.32 Å². The van der Waals surface area contributed by atoms with Gasteiger partial charge in [-0.15, -0.1) is 11.3 Å². The molecule has 0 fully saturated rings. The number of rotatable bonds is 7. The van der Waals surface area contributed by atoms with Crippen molar-refractivity contribution in [2.75, 3.05) is 11.9 Å². The summed E-state index contributed by atoms with van der Waals surface area (Å²) in [6, 6.07) is 14.5. The van der Waals surface area contributed by atoms with Crippen LogP contribution in [0.1, 0.15) is 40.3 Å². The monoisotopic (exact) mass is 408 g/mol. The lowest BCUT2D eigenvalue weighted by Gasteiger charge is -2.06. The number of aromatic nitrogens is 1. The Morgan fingerprint density at radius 1 is 1.03 bits per heavy atom. The van der Waals surface area contributed by atoms with Gasteiger partial charge in [0.2, 0.25) is 0 Å². The maximum absolute atomic E-state index is 12.2. The second-order valence-corrected chi connectivity index (χ2v) is 7.20. The minimum atomic E-state index is -0.653. The summed E-state index contributed by atoms with van der Waals surface area (Å²) in [6.07, 6.45) is 0.957. The van der Waals surface area contributed by atoms with Crippen molar-refractivity contribution in [3.63, 3.8) is 0 Å². The van der Waals surface area contributed by atoms with Crippen molar-refractivity contribution in [2.45, 2.75) is 20.3 Å². The number of nitrogens with one attached hydrogen (secondary N) is 1. The van der Waals surface area contributed by atoms with Crippen LogP contribution in [0.3, 0.4) is 0 Å². The van der Waals surface area contributed by atoms with Crippen LogP contribution in [0.4, 0.5) is 5.69 Å². The van der Waals surface area contributed by atoms with Crippen molar-refractivity contribution in [1.29, 1.82) is 0 Å². The Morgan fingerprint density at radius 2 is 1.72 bits per heavy atom. The first-order valence-corrected chi connectivity index (χ1v) is 9.97. The molecule has 0 radical (unpaired) electrons. The van der Waals surface area contributed by atoms with E-state index >= 15 is 0 Å². The van der Waals surface area contributed by atoms with Gasteiger partial charge in [0.25, 0.3) is 5.91 Å². The molecule has 1 aromatic heterocycles. The number of hydrogen-bond acceptors (Lipinski definition) is 6. The largest absolute Gasteiger partial charge is 0.451 e. The quantitative estimate of drug-likeness (QED) is 0.463. The van der Waals surface area contributed by atoms with E-state index in [1.165, 1.54) is 23.8 Å². The molecule has 0 atom stereocenters. The third kappa shape index (κ3) is 5.36. The molecule has 148 valence electrons. The second-order valence-electron chi connectivity index (χ2n) is 6.35. The molecule has 0 aliphatic rings. The number of anilines is 1. The van der Waals surface area contributed by atoms with Crippen molar-refractivity contribution in [3.8, 4) is 10.6 Å². The zero-order valence-electron chi connectivity index (χ0n) is 16.1. The number of hydrogen-bond donors (Lipinski definition) is 1. The van der Waals surface area contributed by atoms with E-state index < -0.39 is 18.5 Å². The molecule has 1 amide bonds. The lowest BCUT2D eigenvalue weighted by Crippen LogP contribution is -2.21. The molecule has 2 aromatic carbocycles. The van der Waals surface area contributed by atoms with E-state index in [9.17, 15) is 14.4 Å². The van der Waals surface area contributed by atoms with Crippen LogP contribution in [-0.2, 0) is 16.0 Å². The van der Waals surface area contributed by atoms with Crippen molar-refractivity contribution >= 4 is 34.7 Å². The number of thiazole rings is 1. The molecule has 0 bridgehead atoms. The van der Waals surface area contributed by atoms with Gasteiger partial charge >= 0.3 is 5.97 Å². The molecule has 7 heteroatoms. The molecule has 0 saturated heterocycles. The van der Waals surface area contributed by atoms with Gasteiger partial charge in [0, 0.05) is 22.2 Å². The van der Waals surface area contributed by atoms with E-state index in [1.54, 1.807) is 29.6 Å². The molecular weight excluding hydrogens is 388 g/mol. The molecule has 0 spiro atoms. The van der Waals surface area contributed by atoms with Crippen LogP contribution in [0.2, 0.25) is 0 Å². The molecule has 0 aliphatic carbocycles. The topological polar surface area (TPSA) is 85.4 Å². The Kier molecular flexibility index (Phi) is 6.51. The summed E-state index contributed by atoms with van der Waals surface area (Å²) in [4.78, 5) is 39.7. The number of ketones is 1. The van der Waals surface area contributed by atoms with Crippen LogP contribution in [0.5, 0.6) is 0 Å². The highest BCUT2D eigenvalue weighted by molar-refractivity contribution is 7.13. The first-order chi connectivity index (χ1) is 14.0. The van der Waals surface area contributed by atoms with Gasteiger partial charge in [-0.25, -0.2) is 9.78 Å². The van der Waals surface area contributed by atoms with E-state index in [0.29, 0.717) is 11.3 Å². The van der Waals surface area contributed by atoms with Crippen LogP contribution in [-0.4, -0.2) is 29.3 Å². The highest BCUT2D eigenvalue weighted by atomic mass is 32.1. The fourth-order valence-corrected chi connectivity index (χ4v) is 3.37. The lowest BCUT2D eigenvalue weighted by atomic mass is 10.1. The summed E-state index contributed by atoms with van der Waals surface area (Å²) in [5.74, 6) is -1.18. The summed E-state index contributed by atoms with van der Waals surface area (Å²) in [6.45, 7) is 3.13. The minimum Gasteiger partial charge on any atom is -0.451 e. The van der Waals surface area contributed by atoms with Gasteiger partial charge in [-0.05, 0) is 43.2 Å². The normalized spacial score (nSPS) is 10.4. The average molecular weight is 408 g/mol. The zero-order valence-corrected chi connectivity index (χ0v) is 16.9. The van der Waals surface area contributed by atoms with Crippen LogP contribution in [0.15, 0.2) is 53.9 Å². The molecule has 1 N–H and O–H groups in total.